The molecule has 2 aliphatic rings. The molecule has 2 rings (SSSR count). The van der Waals surface area contributed by atoms with Gasteiger partial charge in [-0.3, -0.25) is 0 Å². The summed E-state index contributed by atoms with van der Waals surface area (Å²) in [5, 5.41) is 29.0. The normalized spacial score (nSPS) is 31.1. The second-order valence-corrected chi connectivity index (χ2v) is 8.84. The van der Waals surface area contributed by atoms with Crippen LogP contribution in [0.2, 0.25) is 0 Å². The van der Waals surface area contributed by atoms with Crippen molar-refractivity contribution in [2.75, 3.05) is 20.3 Å². The minimum atomic E-state index is -1.09. The molecule has 0 saturated carbocycles. The Bertz CT molecular complexity index is 688. The Morgan fingerprint density at radius 1 is 1.34 bits per heavy atom. The van der Waals surface area contributed by atoms with Gasteiger partial charge in [-0.1, -0.05) is 36.5 Å². The van der Waals surface area contributed by atoms with Crippen molar-refractivity contribution in [1.82, 2.24) is 0 Å². The number of aliphatic hydroxyl groups excluding tert-OH is 3. The molecule has 180 valence electrons. The quantitative estimate of drug-likeness (QED) is 0.301. The van der Waals surface area contributed by atoms with E-state index in [1.165, 1.54) is 0 Å². The summed E-state index contributed by atoms with van der Waals surface area (Å²) in [4.78, 5) is 0. The van der Waals surface area contributed by atoms with E-state index in [2.05, 4.69) is 18.7 Å². The van der Waals surface area contributed by atoms with Crippen LogP contribution in [0.25, 0.3) is 0 Å². The van der Waals surface area contributed by atoms with Crippen molar-refractivity contribution in [1.29, 1.82) is 0 Å². The van der Waals surface area contributed by atoms with Gasteiger partial charge in [0.15, 0.2) is 0 Å². The zero-order chi connectivity index (χ0) is 23.5. The maximum Gasteiger partial charge on any atom is 0.119 e. The van der Waals surface area contributed by atoms with E-state index < -0.39 is 24.4 Å². The average Bonchev–Trinajstić information content (AvgIpc) is 3.01. The molecule has 6 nitrogen and oxygen atoms in total. The highest BCUT2D eigenvalue weighted by Gasteiger charge is 2.35. The van der Waals surface area contributed by atoms with Gasteiger partial charge in [-0.05, 0) is 37.3 Å². The van der Waals surface area contributed by atoms with Gasteiger partial charge < -0.3 is 29.5 Å². The highest BCUT2D eigenvalue weighted by Crippen LogP contribution is 2.28. The van der Waals surface area contributed by atoms with Crippen molar-refractivity contribution in [2.24, 2.45) is 11.8 Å². The lowest BCUT2D eigenvalue weighted by Crippen LogP contribution is -2.49. The van der Waals surface area contributed by atoms with E-state index in [1.807, 2.05) is 37.3 Å². The van der Waals surface area contributed by atoms with Gasteiger partial charge in [0.25, 0.3) is 0 Å². The van der Waals surface area contributed by atoms with Crippen LogP contribution in [0.4, 0.5) is 0 Å². The van der Waals surface area contributed by atoms with Crippen LogP contribution in [-0.4, -0.2) is 71.5 Å². The highest BCUT2D eigenvalue weighted by atomic mass is 35.5. The molecule has 7 heteroatoms. The third-order valence-corrected chi connectivity index (χ3v) is 6.22. The Balaban J connectivity index is 1.98. The van der Waals surface area contributed by atoms with Crippen molar-refractivity contribution < 1.29 is 29.5 Å². The zero-order valence-corrected chi connectivity index (χ0v) is 19.7. The molecule has 1 aliphatic heterocycles. The van der Waals surface area contributed by atoms with Gasteiger partial charge in [0.2, 0.25) is 0 Å². The number of methoxy groups -OCH3 is 1. The summed E-state index contributed by atoms with van der Waals surface area (Å²) in [5.41, 5.74) is 0. The fourth-order valence-electron chi connectivity index (χ4n) is 3.77. The summed E-state index contributed by atoms with van der Waals surface area (Å²) in [6.07, 6.45) is 14.4. The lowest BCUT2D eigenvalue weighted by molar-refractivity contribution is -0.167. The van der Waals surface area contributed by atoms with E-state index in [9.17, 15) is 15.3 Å². The molecule has 0 aromatic rings. The Hall–Kier alpha value is -1.41. The molecule has 0 spiro atoms. The number of aliphatic hydroxyl groups is 3. The number of halogens is 1. The van der Waals surface area contributed by atoms with E-state index in [-0.39, 0.29) is 36.3 Å². The second kappa shape index (κ2) is 14.0. The van der Waals surface area contributed by atoms with Crippen molar-refractivity contribution in [3.05, 3.63) is 60.9 Å². The summed E-state index contributed by atoms with van der Waals surface area (Å²) in [6.45, 7) is 6.15. The molecule has 0 amide bonds. The van der Waals surface area contributed by atoms with E-state index in [0.29, 0.717) is 6.61 Å². The van der Waals surface area contributed by atoms with Gasteiger partial charge in [0, 0.05) is 26.6 Å². The Kier molecular flexibility index (Phi) is 11.7. The average molecular weight is 469 g/mol. The first-order valence-electron chi connectivity index (χ1n) is 11.2. The molecule has 0 aromatic heterocycles. The summed E-state index contributed by atoms with van der Waals surface area (Å²) in [5.74, 6) is 0.947. The lowest BCUT2D eigenvalue weighted by Gasteiger charge is -2.35. The molecule has 1 heterocycles. The van der Waals surface area contributed by atoms with Gasteiger partial charge in [-0.2, -0.15) is 0 Å². The fourth-order valence-corrected chi connectivity index (χ4v) is 3.96. The second-order valence-electron chi connectivity index (χ2n) is 8.34. The Morgan fingerprint density at radius 2 is 2.12 bits per heavy atom. The molecule has 0 bridgehead atoms. The molecule has 1 fully saturated rings. The van der Waals surface area contributed by atoms with Gasteiger partial charge >= 0.3 is 0 Å². The van der Waals surface area contributed by atoms with E-state index in [0.717, 1.165) is 18.6 Å². The summed E-state index contributed by atoms with van der Waals surface area (Å²) in [6, 6.07) is 0. The molecule has 3 N–H and O–H groups in total. The number of hydrogen-bond donors (Lipinski definition) is 3. The first-order chi connectivity index (χ1) is 15.4. The number of alkyl halides is 1. The standard InChI is InChI=1S/C25H37ClO6/c1-4-22(26)19(9-11-21-15-23(28)25(29)24(16-27)32-21)14-18-6-5-7-20(10-8-18)31-17(2)12-13-30-3/h4-11,17-19,21-25,27-29H,1,12-16H2,2-3H3/b11-9+/t17-,18?,19?,21?,22?,23-,24?,25+/m1/s1. The smallest absolute Gasteiger partial charge is 0.119 e. The molecule has 5 unspecified atom stereocenters. The predicted octanol–water partition coefficient (Wildman–Crippen LogP) is 3.28. The highest BCUT2D eigenvalue weighted by molar-refractivity contribution is 6.22. The molecular weight excluding hydrogens is 432 g/mol. The van der Waals surface area contributed by atoms with Gasteiger partial charge in [0.1, 0.15) is 18.0 Å². The summed E-state index contributed by atoms with van der Waals surface area (Å²) >= 11 is 6.53. The van der Waals surface area contributed by atoms with Crippen LogP contribution >= 0.6 is 11.6 Å². The zero-order valence-electron chi connectivity index (χ0n) is 18.9. The number of rotatable bonds is 12. The van der Waals surface area contributed by atoms with Crippen LogP contribution in [0, 0.1) is 11.8 Å². The third-order valence-electron chi connectivity index (χ3n) is 5.72. The van der Waals surface area contributed by atoms with Gasteiger partial charge in [0.05, 0.1) is 30.3 Å². The van der Waals surface area contributed by atoms with Crippen molar-refractivity contribution >= 4 is 11.6 Å². The van der Waals surface area contributed by atoms with Gasteiger partial charge in [-0.15, -0.1) is 18.2 Å². The first kappa shape index (κ1) is 26.8. The summed E-state index contributed by atoms with van der Waals surface area (Å²) < 4.78 is 16.8. The Labute approximate surface area is 196 Å². The van der Waals surface area contributed by atoms with Gasteiger partial charge in [-0.25, -0.2) is 0 Å². The number of ether oxygens (including phenoxy) is 3. The minimum absolute atomic E-state index is 0.0169. The Morgan fingerprint density at radius 3 is 2.81 bits per heavy atom. The third kappa shape index (κ3) is 8.50. The predicted molar refractivity (Wildman–Crippen MR) is 126 cm³/mol. The van der Waals surface area contributed by atoms with E-state index in [4.69, 9.17) is 25.8 Å². The topological polar surface area (TPSA) is 88.4 Å². The molecule has 8 atom stereocenters. The fraction of sp³-hybridized carbons (Fsp3) is 0.600. The maximum atomic E-state index is 10.0. The maximum absolute atomic E-state index is 10.0. The monoisotopic (exact) mass is 468 g/mol. The van der Waals surface area contributed by atoms with Crippen molar-refractivity contribution in [3.8, 4) is 0 Å². The largest absolute Gasteiger partial charge is 0.491 e. The van der Waals surface area contributed by atoms with Crippen LogP contribution in [0.5, 0.6) is 0 Å². The molecule has 0 radical (unpaired) electrons. The summed E-state index contributed by atoms with van der Waals surface area (Å²) in [7, 11) is 1.68. The van der Waals surface area contributed by atoms with Crippen LogP contribution in [0.3, 0.4) is 0 Å². The van der Waals surface area contributed by atoms with Crippen molar-refractivity contribution in [2.45, 2.75) is 62.1 Å². The van der Waals surface area contributed by atoms with Crippen LogP contribution < -0.4 is 0 Å². The minimum Gasteiger partial charge on any atom is -0.491 e. The van der Waals surface area contributed by atoms with E-state index >= 15 is 0 Å². The molecular formula is C25H37ClO6. The van der Waals surface area contributed by atoms with E-state index in [1.54, 1.807) is 13.2 Å². The van der Waals surface area contributed by atoms with Crippen molar-refractivity contribution in [3.63, 3.8) is 0 Å². The first-order valence-corrected chi connectivity index (χ1v) is 11.6. The van der Waals surface area contributed by atoms with Crippen LogP contribution in [-0.2, 0) is 14.2 Å². The lowest BCUT2D eigenvalue weighted by atomic mass is 9.89. The molecule has 1 aliphatic carbocycles. The number of hydrogen-bond acceptors (Lipinski definition) is 6. The molecule has 0 aromatic carbocycles. The SMILES string of the molecule is C=CC(Cl)C(/C=C/C1C[C@@H](O)[C@H](O)C(CO)O1)CC1C=CC=C(O[C@H](C)CCOC)C=C1. The molecule has 32 heavy (non-hydrogen) atoms. The van der Waals surface area contributed by atoms with Crippen LogP contribution in [0.15, 0.2) is 60.9 Å². The molecule has 1 saturated heterocycles. The number of allylic oxidation sites excluding steroid dienone is 7. The van der Waals surface area contributed by atoms with Crippen LogP contribution in [0.1, 0.15) is 26.2 Å².